The highest BCUT2D eigenvalue weighted by atomic mass is 32.2. The van der Waals surface area contributed by atoms with E-state index in [-0.39, 0.29) is 23.7 Å². The lowest BCUT2D eigenvalue weighted by Crippen LogP contribution is -2.51. The van der Waals surface area contributed by atoms with E-state index in [1.165, 1.54) is 4.31 Å². The fraction of sp³-hybridized carbons (Fsp3) is 0.750. The van der Waals surface area contributed by atoms with Gasteiger partial charge < -0.3 is 15.6 Å². The Morgan fingerprint density at radius 1 is 1.44 bits per heavy atom. The molecule has 140 valence electrons. The number of amides is 1. The van der Waals surface area contributed by atoms with Crippen LogP contribution >= 0.6 is 0 Å². The molecule has 2 atom stereocenters. The van der Waals surface area contributed by atoms with Crippen LogP contribution in [-0.2, 0) is 10.0 Å². The molecular formula is C16H26N4O4S. The van der Waals surface area contributed by atoms with Crippen molar-refractivity contribution in [3.8, 4) is 0 Å². The fourth-order valence-electron chi connectivity index (χ4n) is 3.29. The molecule has 1 aliphatic heterocycles. The van der Waals surface area contributed by atoms with Gasteiger partial charge in [-0.05, 0) is 45.6 Å². The van der Waals surface area contributed by atoms with Crippen molar-refractivity contribution in [3.63, 3.8) is 0 Å². The van der Waals surface area contributed by atoms with Crippen molar-refractivity contribution < 1.29 is 17.7 Å². The average molecular weight is 370 g/mol. The van der Waals surface area contributed by atoms with Crippen molar-refractivity contribution in [3.05, 3.63) is 17.5 Å². The first-order valence-corrected chi connectivity index (χ1v) is 10.5. The third kappa shape index (κ3) is 4.39. The molecule has 9 heteroatoms. The lowest BCUT2D eigenvalue weighted by molar-refractivity contribution is 0.0905. The molecular weight excluding hydrogens is 344 g/mol. The Labute approximate surface area is 148 Å². The maximum Gasteiger partial charge on any atom is 0.273 e. The van der Waals surface area contributed by atoms with Crippen LogP contribution in [0.25, 0.3) is 0 Å². The summed E-state index contributed by atoms with van der Waals surface area (Å²) in [7, 11) is -3.28. The molecule has 0 aromatic carbocycles. The molecule has 1 aromatic heterocycles. The van der Waals surface area contributed by atoms with Crippen LogP contribution < -0.4 is 11.1 Å². The standard InChI is InChI=1S/C16H26N4O4S/c1-11-9-13(5-7-20(11)25(22,23)8-2-6-17)18-16(21)14-10-15(24-19-14)12-3-4-12/h10-13H,2-9,17H2,1H3,(H,18,21)/t11-,13-/m0/s1. The number of nitrogens with two attached hydrogens (primary N) is 1. The molecule has 1 amide bonds. The van der Waals surface area contributed by atoms with E-state index in [2.05, 4.69) is 10.5 Å². The number of sulfonamides is 1. The van der Waals surface area contributed by atoms with Gasteiger partial charge in [0.15, 0.2) is 5.69 Å². The first-order chi connectivity index (χ1) is 11.9. The number of hydrogen-bond donors (Lipinski definition) is 2. The van der Waals surface area contributed by atoms with E-state index >= 15 is 0 Å². The number of aromatic nitrogens is 1. The Morgan fingerprint density at radius 3 is 2.84 bits per heavy atom. The zero-order valence-electron chi connectivity index (χ0n) is 14.5. The second kappa shape index (κ2) is 7.43. The summed E-state index contributed by atoms with van der Waals surface area (Å²) in [5.41, 5.74) is 5.71. The Hall–Kier alpha value is -1.45. The average Bonchev–Trinajstić information content (AvgIpc) is 3.29. The van der Waals surface area contributed by atoms with E-state index < -0.39 is 10.0 Å². The molecule has 0 spiro atoms. The highest BCUT2D eigenvalue weighted by Crippen LogP contribution is 2.40. The number of carbonyl (C=O) groups is 1. The SMILES string of the molecule is C[C@H]1C[C@@H](NC(=O)c2cc(C3CC3)on2)CCN1S(=O)(=O)CCCN. The molecule has 2 fully saturated rings. The van der Waals surface area contributed by atoms with Crippen LogP contribution in [0.3, 0.4) is 0 Å². The van der Waals surface area contributed by atoms with Crippen molar-refractivity contribution in [1.29, 1.82) is 0 Å². The number of hydrogen-bond acceptors (Lipinski definition) is 6. The van der Waals surface area contributed by atoms with Gasteiger partial charge >= 0.3 is 0 Å². The van der Waals surface area contributed by atoms with Gasteiger partial charge in [0.25, 0.3) is 5.91 Å². The van der Waals surface area contributed by atoms with E-state index in [1.54, 1.807) is 6.07 Å². The second-order valence-corrected chi connectivity index (χ2v) is 9.04. The minimum atomic E-state index is -3.28. The molecule has 2 aliphatic rings. The van der Waals surface area contributed by atoms with Crippen LogP contribution in [0.4, 0.5) is 0 Å². The Balaban J connectivity index is 1.54. The third-order valence-corrected chi connectivity index (χ3v) is 6.92. The molecule has 25 heavy (non-hydrogen) atoms. The molecule has 2 heterocycles. The maximum atomic E-state index is 12.3. The van der Waals surface area contributed by atoms with Crippen LogP contribution in [0, 0.1) is 0 Å². The van der Waals surface area contributed by atoms with Gasteiger partial charge in [0.05, 0.1) is 5.75 Å². The van der Waals surface area contributed by atoms with Gasteiger partial charge in [-0.2, -0.15) is 4.31 Å². The summed E-state index contributed by atoms with van der Waals surface area (Å²) in [4.78, 5) is 12.3. The summed E-state index contributed by atoms with van der Waals surface area (Å²) in [6, 6.07) is 1.49. The maximum absolute atomic E-state index is 12.3. The second-order valence-electron chi connectivity index (χ2n) is 7.00. The van der Waals surface area contributed by atoms with Crippen LogP contribution in [0.2, 0.25) is 0 Å². The number of carbonyl (C=O) groups excluding carboxylic acids is 1. The minimum Gasteiger partial charge on any atom is -0.360 e. The summed E-state index contributed by atoms with van der Waals surface area (Å²) in [6.45, 7) is 2.64. The number of rotatable bonds is 7. The monoisotopic (exact) mass is 370 g/mol. The van der Waals surface area contributed by atoms with Gasteiger partial charge in [0, 0.05) is 30.6 Å². The van der Waals surface area contributed by atoms with E-state index in [1.807, 2.05) is 6.92 Å². The van der Waals surface area contributed by atoms with Crippen molar-refractivity contribution in [2.45, 2.75) is 57.0 Å². The third-order valence-electron chi connectivity index (χ3n) is 4.85. The normalized spacial score (nSPS) is 25.0. The molecule has 1 saturated carbocycles. The van der Waals surface area contributed by atoms with Gasteiger partial charge in [-0.3, -0.25) is 4.79 Å². The number of piperidine rings is 1. The van der Waals surface area contributed by atoms with E-state index in [0.717, 1.165) is 18.6 Å². The van der Waals surface area contributed by atoms with Crippen molar-refractivity contribution >= 4 is 15.9 Å². The fourth-order valence-corrected chi connectivity index (χ4v) is 5.08. The number of nitrogens with zero attached hydrogens (tertiary/aromatic N) is 2. The molecule has 1 saturated heterocycles. The highest BCUT2D eigenvalue weighted by Gasteiger charge is 2.34. The lowest BCUT2D eigenvalue weighted by Gasteiger charge is -2.36. The van der Waals surface area contributed by atoms with Crippen molar-refractivity contribution in [1.82, 2.24) is 14.8 Å². The molecule has 1 aromatic rings. The highest BCUT2D eigenvalue weighted by molar-refractivity contribution is 7.89. The predicted molar refractivity (Wildman–Crippen MR) is 92.6 cm³/mol. The smallest absolute Gasteiger partial charge is 0.273 e. The first-order valence-electron chi connectivity index (χ1n) is 8.87. The lowest BCUT2D eigenvalue weighted by atomic mass is 10.0. The molecule has 0 radical (unpaired) electrons. The zero-order valence-corrected chi connectivity index (χ0v) is 15.3. The summed E-state index contributed by atoms with van der Waals surface area (Å²) >= 11 is 0. The quantitative estimate of drug-likeness (QED) is 0.733. The molecule has 8 nitrogen and oxygen atoms in total. The molecule has 0 bridgehead atoms. The minimum absolute atomic E-state index is 0.0652. The van der Waals surface area contributed by atoms with Gasteiger partial charge in [-0.25, -0.2) is 8.42 Å². The molecule has 1 aliphatic carbocycles. The van der Waals surface area contributed by atoms with Crippen LogP contribution in [-0.4, -0.2) is 54.7 Å². The van der Waals surface area contributed by atoms with Gasteiger partial charge in [-0.15, -0.1) is 0 Å². The van der Waals surface area contributed by atoms with Crippen molar-refractivity contribution in [2.75, 3.05) is 18.8 Å². The Morgan fingerprint density at radius 2 is 2.20 bits per heavy atom. The molecule has 3 N–H and O–H groups in total. The van der Waals surface area contributed by atoms with E-state index in [4.69, 9.17) is 10.3 Å². The number of nitrogens with one attached hydrogen (secondary N) is 1. The van der Waals surface area contributed by atoms with E-state index in [9.17, 15) is 13.2 Å². The largest absolute Gasteiger partial charge is 0.360 e. The topological polar surface area (TPSA) is 119 Å². The summed E-state index contributed by atoms with van der Waals surface area (Å²) in [5, 5.41) is 6.80. The Bertz CT molecular complexity index is 713. The van der Waals surface area contributed by atoms with Gasteiger partial charge in [-0.1, -0.05) is 5.16 Å². The molecule has 3 rings (SSSR count). The molecule has 0 unspecified atom stereocenters. The predicted octanol–water partition coefficient (Wildman–Crippen LogP) is 0.813. The van der Waals surface area contributed by atoms with Crippen LogP contribution in [0.5, 0.6) is 0 Å². The summed E-state index contributed by atoms with van der Waals surface area (Å²) in [5.74, 6) is 1.01. The first kappa shape index (κ1) is 18.3. The Kier molecular flexibility index (Phi) is 5.45. The van der Waals surface area contributed by atoms with Crippen LogP contribution in [0.15, 0.2) is 10.6 Å². The van der Waals surface area contributed by atoms with Gasteiger partial charge in [0.1, 0.15) is 5.76 Å². The van der Waals surface area contributed by atoms with E-state index in [0.29, 0.717) is 44.0 Å². The van der Waals surface area contributed by atoms with Crippen molar-refractivity contribution in [2.24, 2.45) is 5.73 Å². The summed E-state index contributed by atoms with van der Waals surface area (Å²) in [6.07, 6.45) is 3.81. The van der Waals surface area contributed by atoms with Gasteiger partial charge in [0.2, 0.25) is 10.0 Å². The zero-order chi connectivity index (χ0) is 18.0. The summed E-state index contributed by atoms with van der Waals surface area (Å²) < 4.78 is 31.4. The van der Waals surface area contributed by atoms with Crippen LogP contribution in [0.1, 0.15) is 61.2 Å².